The van der Waals surface area contributed by atoms with E-state index in [0.29, 0.717) is 11.4 Å². The molecule has 2 aromatic carbocycles. The van der Waals surface area contributed by atoms with Crippen LogP contribution in [0.3, 0.4) is 0 Å². The van der Waals surface area contributed by atoms with Gasteiger partial charge in [0.05, 0.1) is 22.5 Å². The van der Waals surface area contributed by atoms with Crippen molar-refractivity contribution in [3.63, 3.8) is 0 Å². The molecule has 0 fully saturated rings. The van der Waals surface area contributed by atoms with Crippen molar-refractivity contribution in [1.29, 1.82) is 0 Å². The zero-order valence-electron chi connectivity index (χ0n) is 12.7. The fourth-order valence-electron chi connectivity index (χ4n) is 2.47. The van der Waals surface area contributed by atoms with Crippen molar-refractivity contribution in [3.8, 4) is 0 Å². The average molecular weight is 330 g/mol. The molecule has 24 heavy (non-hydrogen) atoms. The molecule has 2 aromatic rings. The van der Waals surface area contributed by atoms with Gasteiger partial charge in [-0.25, -0.2) is 0 Å². The standard InChI is InChI=1S/C18H13F3N2O/c1-12-15(11-13-7-5-6-10-16(13)18(19,20)21)17(24)23(22-12)14-8-3-2-4-9-14/h2-11H,1H3. The van der Waals surface area contributed by atoms with Crippen molar-refractivity contribution in [2.45, 2.75) is 13.1 Å². The number of rotatable bonds is 2. The molecule has 0 atom stereocenters. The van der Waals surface area contributed by atoms with Crippen molar-refractivity contribution in [2.75, 3.05) is 5.01 Å². The molecule has 0 spiro atoms. The van der Waals surface area contributed by atoms with E-state index in [2.05, 4.69) is 5.10 Å². The summed E-state index contributed by atoms with van der Waals surface area (Å²) in [7, 11) is 0. The summed E-state index contributed by atoms with van der Waals surface area (Å²) in [5.41, 5.74) is 0.250. The Morgan fingerprint density at radius 3 is 2.29 bits per heavy atom. The van der Waals surface area contributed by atoms with Crippen LogP contribution in [0.15, 0.2) is 65.3 Å². The van der Waals surface area contributed by atoms with E-state index >= 15 is 0 Å². The van der Waals surface area contributed by atoms with Gasteiger partial charge >= 0.3 is 6.18 Å². The normalized spacial score (nSPS) is 16.7. The summed E-state index contributed by atoms with van der Waals surface area (Å²) in [6, 6.07) is 13.9. The molecule has 0 aliphatic carbocycles. The van der Waals surface area contributed by atoms with Crippen LogP contribution in [0.4, 0.5) is 18.9 Å². The molecule has 6 heteroatoms. The molecule has 0 radical (unpaired) electrons. The van der Waals surface area contributed by atoms with Gasteiger partial charge in [-0.2, -0.15) is 23.3 Å². The predicted molar refractivity (Wildman–Crippen MR) is 86.5 cm³/mol. The van der Waals surface area contributed by atoms with E-state index in [0.717, 1.165) is 6.07 Å². The SMILES string of the molecule is CC1=NN(c2ccccc2)C(=O)C1=Cc1ccccc1C(F)(F)F. The molecule has 0 saturated heterocycles. The molecular weight excluding hydrogens is 317 g/mol. The van der Waals surface area contributed by atoms with Crippen molar-refractivity contribution in [2.24, 2.45) is 5.10 Å². The summed E-state index contributed by atoms with van der Waals surface area (Å²) in [6.07, 6.45) is -3.24. The van der Waals surface area contributed by atoms with E-state index in [-0.39, 0.29) is 11.1 Å². The third-order valence-electron chi connectivity index (χ3n) is 3.63. The minimum atomic E-state index is -4.49. The highest BCUT2D eigenvalue weighted by Crippen LogP contribution is 2.33. The second-order valence-electron chi connectivity index (χ2n) is 5.28. The number of carbonyl (C=O) groups excluding carboxylic acids is 1. The monoisotopic (exact) mass is 330 g/mol. The van der Waals surface area contributed by atoms with E-state index in [1.165, 1.54) is 29.3 Å². The minimum Gasteiger partial charge on any atom is -0.267 e. The fourth-order valence-corrected chi connectivity index (χ4v) is 2.47. The number of carbonyl (C=O) groups is 1. The number of nitrogens with zero attached hydrogens (tertiary/aromatic N) is 2. The van der Waals surface area contributed by atoms with Gasteiger partial charge in [0.15, 0.2) is 0 Å². The van der Waals surface area contributed by atoms with E-state index in [4.69, 9.17) is 0 Å². The summed E-state index contributed by atoms with van der Waals surface area (Å²) in [6.45, 7) is 1.60. The van der Waals surface area contributed by atoms with Gasteiger partial charge in [-0.1, -0.05) is 36.4 Å². The predicted octanol–water partition coefficient (Wildman–Crippen LogP) is 4.51. The van der Waals surface area contributed by atoms with Gasteiger partial charge in [0.25, 0.3) is 5.91 Å². The van der Waals surface area contributed by atoms with Gasteiger partial charge in [-0.05, 0) is 36.8 Å². The maximum Gasteiger partial charge on any atom is 0.416 e. The van der Waals surface area contributed by atoms with Crippen molar-refractivity contribution >= 4 is 23.4 Å². The maximum atomic E-state index is 13.1. The Morgan fingerprint density at radius 1 is 1.00 bits per heavy atom. The Morgan fingerprint density at radius 2 is 1.62 bits per heavy atom. The quantitative estimate of drug-likeness (QED) is 0.746. The molecule has 1 amide bonds. The third-order valence-corrected chi connectivity index (χ3v) is 3.63. The summed E-state index contributed by atoms with van der Waals surface area (Å²) in [5.74, 6) is -0.448. The van der Waals surface area contributed by atoms with Gasteiger partial charge in [0.1, 0.15) is 0 Å². The molecule has 3 nitrogen and oxygen atoms in total. The second kappa shape index (κ2) is 5.96. The van der Waals surface area contributed by atoms with Crippen LogP contribution in [0.2, 0.25) is 0 Å². The number of anilines is 1. The zero-order chi connectivity index (χ0) is 17.3. The number of hydrazone groups is 1. The Labute approximate surface area is 136 Å². The van der Waals surface area contributed by atoms with Crippen LogP contribution in [-0.2, 0) is 11.0 Å². The van der Waals surface area contributed by atoms with E-state index in [1.807, 2.05) is 0 Å². The van der Waals surface area contributed by atoms with Gasteiger partial charge in [0.2, 0.25) is 0 Å². The van der Waals surface area contributed by atoms with Gasteiger partial charge in [-0.15, -0.1) is 0 Å². The number of amides is 1. The van der Waals surface area contributed by atoms with Crippen molar-refractivity contribution in [1.82, 2.24) is 0 Å². The maximum absolute atomic E-state index is 13.1. The van der Waals surface area contributed by atoms with Gasteiger partial charge < -0.3 is 0 Å². The first-order valence-corrected chi connectivity index (χ1v) is 7.21. The third kappa shape index (κ3) is 2.95. The van der Waals surface area contributed by atoms with Crippen LogP contribution in [0, 0.1) is 0 Å². The lowest BCUT2D eigenvalue weighted by atomic mass is 10.0. The van der Waals surface area contributed by atoms with E-state index in [9.17, 15) is 18.0 Å². The van der Waals surface area contributed by atoms with Crippen LogP contribution >= 0.6 is 0 Å². The van der Waals surface area contributed by atoms with E-state index in [1.54, 1.807) is 37.3 Å². The zero-order valence-corrected chi connectivity index (χ0v) is 12.7. The first-order chi connectivity index (χ1) is 11.4. The number of halogens is 3. The summed E-state index contributed by atoms with van der Waals surface area (Å²) < 4.78 is 39.3. The van der Waals surface area contributed by atoms with Crippen LogP contribution in [0.1, 0.15) is 18.1 Å². The average Bonchev–Trinajstić information content (AvgIpc) is 2.83. The number of benzene rings is 2. The number of hydrogen-bond donors (Lipinski definition) is 0. The largest absolute Gasteiger partial charge is 0.416 e. The first-order valence-electron chi connectivity index (χ1n) is 7.21. The molecule has 1 aliphatic heterocycles. The van der Waals surface area contributed by atoms with Gasteiger partial charge in [0, 0.05) is 0 Å². The molecular formula is C18H13F3N2O. The molecule has 0 bridgehead atoms. The molecule has 1 aliphatic rings. The highest BCUT2D eigenvalue weighted by Gasteiger charge is 2.34. The lowest BCUT2D eigenvalue weighted by Crippen LogP contribution is -2.21. The van der Waals surface area contributed by atoms with Crippen LogP contribution < -0.4 is 5.01 Å². The van der Waals surface area contributed by atoms with Gasteiger partial charge in [-0.3, -0.25) is 4.79 Å². The first kappa shape index (κ1) is 16.0. The van der Waals surface area contributed by atoms with Crippen LogP contribution in [0.5, 0.6) is 0 Å². The lowest BCUT2D eigenvalue weighted by Gasteiger charge is -2.12. The summed E-state index contributed by atoms with van der Waals surface area (Å²) >= 11 is 0. The fraction of sp³-hybridized carbons (Fsp3) is 0.111. The van der Waals surface area contributed by atoms with E-state index < -0.39 is 17.6 Å². The Kier molecular flexibility index (Phi) is 3.97. The Hall–Kier alpha value is -2.89. The second-order valence-corrected chi connectivity index (χ2v) is 5.28. The molecule has 1 heterocycles. The summed E-state index contributed by atoms with van der Waals surface area (Å²) in [4.78, 5) is 12.5. The molecule has 122 valence electrons. The summed E-state index contributed by atoms with van der Waals surface area (Å²) in [5, 5.41) is 5.35. The molecule has 3 rings (SSSR count). The lowest BCUT2D eigenvalue weighted by molar-refractivity contribution is -0.137. The topological polar surface area (TPSA) is 32.7 Å². The van der Waals surface area contributed by atoms with Crippen LogP contribution in [0.25, 0.3) is 6.08 Å². The van der Waals surface area contributed by atoms with Crippen LogP contribution in [-0.4, -0.2) is 11.6 Å². The Balaban J connectivity index is 2.02. The smallest absolute Gasteiger partial charge is 0.267 e. The van der Waals surface area contributed by atoms with Crippen molar-refractivity contribution in [3.05, 3.63) is 71.3 Å². The highest BCUT2D eigenvalue weighted by atomic mass is 19.4. The number of hydrogen-bond acceptors (Lipinski definition) is 2. The molecule has 0 unspecified atom stereocenters. The molecule has 0 N–H and O–H groups in total. The highest BCUT2D eigenvalue weighted by molar-refractivity contribution is 6.32. The van der Waals surface area contributed by atoms with Crippen molar-refractivity contribution < 1.29 is 18.0 Å². The molecule has 0 saturated carbocycles. The number of para-hydroxylation sites is 1. The molecule has 0 aromatic heterocycles. The Bertz CT molecular complexity index is 839. The minimum absolute atomic E-state index is 0.0576. The number of alkyl halides is 3.